The normalized spacial score (nSPS) is 26.0. The first-order valence-electron chi connectivity index (χ1n) is 9.21. The molecule has 3 nitrogen and oxygen atoms in total. The van der Waals surface area contributed by atoms with Crippen molar-refractivity contribution in [1.82, 2.24) is 10.2 Å². The quantitative estimate of drug-likeness (QED) is 0.686. The molecular weight excluding hydrogens is 260 g/mol. The summed E-state index contributed by atoms with van der Waals surface area (Å²) in [6, 6.07) is 0.736. The minimum absolute atomic E-state index is 0.353. The molecule has 3 heteroatoms. The zero-order valence-electron chi connectivity index (χ0n) is 14.2. The van der Waals surface area contributed by atoms with Crippen molar-refractivity contribution in [2.45, 2.75) is 71.3 Å². The van der Waals surface area contributed by atoms with Crippen LogP contribution in [0.2, 0.25) is 0 Å². The van der Waals surface area contributed by atoms with Crippen LogP contribution in [0.25, 0.3) is 0 Å². The van der Waals surface area contributed by atoms with Crippen LogP contribution in [0.15, 0.2) is 0 Å². The standard InChI is InChI=1S/C18H36N2O/c1-16(2)13-19-14-18(9-3-4-10-18)15-20-11-5-7-17(20)8-6-12-21/h16-17,19,21H,3-15H2,1-2H3. The van der Waals surface area contributed by atoms with Crippen molar-refractivity contribution in [2.24, 2.45) is 11.3 Å². The van der Waals surface area contributed by atoms with Crippen LogP contribution in [0.3, 0.4) is 0 Å². The maximum absolute atomic E-state index is 9.09. The van der Waals surface area contributed by atoms with E-state index in [1.54, 1.807) is 0 Å². The number of likely N-dealkylation sites (tertiary alicyclic amines) is 1. The Bertz CT molecular complexity index is 287. The molecule has 1 aliphatic carbocycles. The Kier molecular flexibility index (Phi) is 6.97. The van der Waals surface area contributed by atoms with E-state index < -0.39 is 0 Å². The van der Waals surface area contributed by atoms with E-state index in [9.17, 15) is 0 Å². The summed E-state index contributed by atoms with van der Waals surface area (Å²) in [5, 5.41) is 12.8. The van der Waals surface area contributed by atoms with Gasteiger partial charge < -0.3 is 10.4 Å². The molecule has 0 aromatic heterocycles. The van der Waals surface area contributed by atoms with E-state index in [-0.39, 0.29) is 0 Å². The minimum Gasteiger partial charge on any atom is -0.396 e. The molecule has 2 N–H and O–H groups in total. The van der Waals surface area contributed by atoms with Gasteiger partial charge in [-0.15, -0.1) is 0 Å². The van der Waals surface area contributed by atoms with Crippen molar-refractivity contribution in [1.29, 1.82) is 0 Å². The van der Waals surface area contributed by atoms with E-state index >= 15 is 0 Å². The summed E-state index contributed by atoms with van der Waals surface area (Å²) >= 11 is 0. The van der Waals surface area contributed by atoms with Crippen molar-refractivity contribution >= 4 is 0 Å². The zero-order chi connectivity index (χ0) is 15.1. The van der Waals surface area contributed by atoms with Crippen molar-refractivity contribution in [3.05, 3.63) is 0 Å². The van der Waals surface area contributed by atoms with E-state index in [4.69, 9.17) is 5.11 Å². The van der Waals surface area contributed by atoms with E-state index in [1.807, 2.05) is 0 Å². The molecule has 1 saturated heterocycles. The second kappa shape index (κ2) is 8.50. The van der Waals surface area contributed by atoms with Crippen LogP contribution in [-0.2, 0) is 0 Å². The molecular formula is C18H36N2O. The van der Waals surface area contributed by atoms with E-state index in [1.165, 1.54) is 64.6 Å². The Morgan fingerprint density at radius 2 is 2.00 bits per heavy atom. The highest BCUT2D eigenvalue weighted by Gasteiger charge is 2.37. The Hall–Kier alpha value is -0.120. The summed E-state index contributed by atoms with van der Waals surface area (Å²) in [7, 11) is 0. The average molecular weight is 296 g/mol. The first-order chi connectivity index (χ1) is 10.2. The van der Waals surface area contributed by atoms with Crippen molar-refractivity contribution in [3.8, 4) is 0 Å². The lowest BCUT2D eigenvalue weighted by Gasteiger charge is -2.37. The number of hydrogen-bond donors (Lipinski definition) is 2. The predicted molar refractivity (Wildman–Crippen MR) is 89.5 cm³/mol. The zero-order valence-corrected chi connectivity index (χ0v) is 14.2. The van der Waals surface area contributed by atoms with Gasteiger partial charge in [-0.2, -0.15) is 0 Å². The lowest BCUT2D eigenvalue weighted by atomic mass is 9.85. The topological polar surface area (TPSA) is 35.5 Å². The first kappa shape index (κ1) is 17.2. The van der Waals surface area contributed by atoms with Crippen LogP contribution in [0.5, 0.6) is 0 Å². The third-order valence-corrected chi connectivity index (χ3v) is 5.45. The number of hydrogen-bond acceptors (Lipinski definition) is 3. The predicted octanol–water partition coefficient (Wildman–Crippen LogP) is 3.03. The number of aliphatic hydroxyl groups is 1. The molecule has 1 atom stereocenters. The molecule has 1 unspecified atom stereocenters. The van der Waals surface area contributed by atoms with Gasteiger partial charge in [-0.1, -0.05) is 26.7 Å². The smallest absolute Gasteiger partial charge is 0.0431 e. The Morgan fingerprint density at radius 3 is 2.67 bits per heavy atom. The van der Waals surface area contributed by atoms with Gasteiger partial charge in [0.05, 0.1) is 0 Å². The Labute approximate surface area is 131 Å². The van der Waals surface area contributed by atoms with Crippen molar-refractivity contribution in [2.75, 3.05) is 32.8 Å². The second-order valence-electron chi connectivity index (χ2n) is 7.86. The molecule has 1 heterocycles. The Morgan fingerprint density at radius 1 is 1.24 bits per heavy atom. The largest absolute Gasteiger partial charge is 0.396 e. The van der Waals surface area contributed by atoms with E-state index in [0.717, 1.165) is 24.9 Å². The summed E-state index contributed by atoms with van der Waals surface area (Å²) in [5.74, 6) is 0.743. The summed E-state index contributed by atoms with van der Waals surface area (Å²) in [4.78, 5) is 2.75. The third kappa shape index (κ3) is 5.22. The number of nitrogens with zero attached hydrogens (tertiary/aromatic N) is 1. The first-order valence-corrected chi connectivity index (χ1v) is 9.21. The van der Waals surface area contributed by atoms with Gasteiger partial charge >= 0.3 is 0 Å². The van der Waals surface area contributed by atoms with Crippen LogP contribution in [0.1, 0.15) is 65.2 Å². The average Bonchev–Trinajstić information content (AvgIpc) is 3.07. The van der Waals surface area contributed by atoms with Gasteiger partial charge in [0.25, 0.3) is 0 Å². The van der Waals surface area contributed by atoms with E-state index in [0.29, 0.717) is 12.0 Å². The molecule has 21 heavy (non-hydrogen) atoms. The van der Waals surface area contributed by atoms with Crippen LogP contribution < -0.4 is 5.32 Å². The SMILES string of the molecule is CC(C)CNCC1(CN2CCCC2CCCO)CCCC1. The van der Waals surface area contributed by atoms with Gasteiger partial charge in [0.2, 0.25) is 0 Å². The van der Waals surface area contributed by atoms with Crippen LogP contribution in [0.4, 0.5) is 0 Å². The summed E-state index contributed by atoms with van der Waals surface area (Å²) in [6.07, 6.45) is 10.5. The lowest BCUT2D eigenvalue weighted by Crippen LogP contribution is -2.45. The highest BCUT2D eigenvalue weighted by atomic mass is 16.2. The maximum Gasteiger partial charge on any atom is 0.0431 e. The fourth-order valence-electron chi connectivity index (χ4n) is 4.33. The van der Waals surface area contributed by atoms with Gasteiger partial charge in [0.15, 0.2) is 0 Å². The molecule has 0 spiro atoms. The molecule has 124 valence electrons. The number of aliphatic hydroxyl groups excluding tert-OH is 1. The van der Waals surface area contributed by atoms with Gasteiger partial charge in [0, 0.05) is 25.7 Å². The van der Waals surface area contributed by atoms with Crippen molar-refractivity contribution < 1.29 is 5.11 Å². The molecule has 1 aliphatic heterocycles. The van der Waals surface area contributed by atoms with Crippen LogP contribution in [0, 0.1) is 11.3 Å². The minimum atomic E-state index is 0.353. The molecule has 2 fully saturated rings. The fourth-order valence-corrected chi connectivity index (χ4v) is 4.33. The second-order valence-corrected chi connectivity index (χ2v) is 7.86. The summed E-state index contributed by atoms with van der Waals surface area (Å²) < 4.78 is 0. The summed E-state index contributed by atoms with van der Waals surface area (Å²) in [5.41, 5.74) is 0.524. The molecule has 1 saturated carbocycles. The summed E-state index contributed by atoms with van der Waals surface area (Å²) in [6.45, 7) is 9.85. The fraction of sp³-hybridized carbons (Fsp3) is 1.00. The van der Waals surface area contributed by atoms with Crippen molar-refractivity contribution in [3.63, 3.8) is 0 Å². The van der Waals surface area contributed by atoms with E-state index in [2.05, 4.69) is 24.1 Å². The molecule has 0 aromatic rings. The number of rotatable bonds is 9. The highest BCUT2D eigenvalue weighted by Crippen LogP contribution is 2.40. The van der Waals surface area contributed by atoms with Gasteiger partial charge in [-0.05, 0) is 62.9 Å². The molecule has 0 amide bonds. The van der Waals surface area contributed by atoms with Gasteiger partial charge in [0.1, 0.15) is 0 Å². The monoisotopic (exact) mass is 296 g/mol. The number of nitrogens with one attached hydrogen (secondary N) is 1. The molecule has 2 aliphatic rings. The highest BCUT2D eigenvalue weighted by molar-refractivity contribution is 4.92. The molecule has 0 bridgehead atoms. The van der Waals surface area contributed by atoms with Crippen LogP contribution in [-0.4, -0.2) is 48.8 Å². The molecule has 0 aromatic carbocycles. The molecule has 0 radical (unpaired) electrons. The maximum atomic E-state index is 9.09. The Balaban J connectivity index is 1.86. The van der Waals surface area contributed by atoms with Gasteiger partial charge in [-0.25, -0.2) is 0 Å². The van der Waals surface area contributed by atoms with Crippen LogP contribution >= 0.6 is 0 Å². The lowest BCUT2D eigenvalue weighted by molar-refractivity contribution is 0.128. The van der Waals surface area contributed by atoms with Gasteiger partial charge in [-0.3, -0.25) is 4.90 Å². The molecule has 2 rings (SSSR count). The third-order valence-electron chi connectivity index (χ3n) is 5.45.